The molecule has 4 N–H and O–H groups in total. The number of carbonyl (C=O) groups excluding carboxylic acids is 2. The molecular formula is C33H38N6O7S. The number of hydrogen-bond acceptors (Lipinski definition) is 8. The number of hydrogen-bond donors (Lipinski definition) is 4. The Kier molecular flexibility index (Phi) is 10.4. The number of hydrazone groups is 1. The van der Waals surface area contributed by atoms with Crippen LogP contribution in [0.4, 0.5) is 16.2 Å². The first-order chi connectivity index (χ1) is 22.5. The van der Waals surface area contributed by atoms with Crippen LogP contribution in [-0.4, -0.2) is 85.9 Å². The third-order valence-electron chi connectivity index (χ3n) is 8.16. The van der Waals surface area contributed by atoms with Crippen LogP contribution in [-0.2, 0) is 26.0 Å². The van der Waals surface area contributed by atoms with Gasteiger partial charge in [0.1, 0.15) is 11.8 Å². The molecule has 0 saturated carbocycles. The third-order valence-corrected chi connectivity index (χ3v) is 9.65. The van der Waals surface area contributed by atoms with Crippen LogP contribution < -0.4 is 20.1 Å². The first kappa shape index (κ1) is 33.4. The number of ether oxygens (including phenoxy) is 1. The molecule has 1 saturated heterocycles. The number of aryl methyl sites for hydroxylation is 1. The van der Waals surface area contributed by atoms with Crippen molar-refractivity contribution in [3.05, 3.63) is 83.9 Å². The Morgan fingerprint density at radius 3 is 2.45 bits per heavy atom. The highest BCUT2D eigenvalue weighted by Gasteiger charge is 2.36. The molecule has 0 aliphatic carbocycles. The molecule has 5 rings (SSSR count). The van der Waals surface area contributed by atoms with Crippen molar-refractivity contribution in [3.8, 4) is 5.75 Å². The molecule has 2 aliphatic heterocycles. The number of carboxylic acids is 1. The Bertz CT molecular complexity index is 1770. The van der Waals surface area contributed by atoms with Crippen LogP contribution in [0.25, 0.3) is 0 Å². The number of nitrogens with zero attached hydrogens (tertiary/aromatic N) is 3. The fraction of sp³-hybridized carbons (Fsp3) is 0.333. The van der Waals surface area contributed by atoms with Crippen LogP contribution >= 0.6 is 0 Å². The van der Waals surface area contributed by atoms with Gasteiger partial charge in [0.05, 0.1) is 42.4 Å². The normalized spacial score (nSPS) is 16.8. The maximum Gasteiger partial charge on any atom is 0.323 e. The Balaban J connectivity index is 1.20. The Morgan fingerprint density at radius 2 is 1.72 bits per heavy atom. The number of aliphatic carboxylic acids is 1. The maximum atomic E-state index is 13.5. The Labute approximate surface area is 273 Å². The van der Waals surface area contributed by atoms with Crippen LogP contribution in [0.1, 0.15) is 30.4 Å². The number of amides is 3. The second-order valence-electron chi connectivity index (χ2n) is 11.4. The molecule has 47 heavy (non-hydrogen) atoms. The first-order valence-electron chi connectivity index (χ1n) is 15.3. The molecular weight excluding hydrogens is 624 g/mol. The number of rotatable bonds is 12. The molecule has 0 aromatic heterocycles. The van der Waals surface area contributed by atoms with Crippen LogP contribution in [0.5, 0.6) is 5.75 Å². The van der Waals surface area contributed by atoms with E-state index >= 15 is 0 Å². The fourth-order valence-electron chi connectivity index (χ4n) is 5.75. The minimum Gasteiger partial charge on any atom is -0.495 e. The number of carboxylic acid groups (broad SMARTS) is 1. The number of carbonyl (C=O) groups is 3. The number of benzene rings is 3. The standard InChI is InChI=1S/C33H38N6O7S/c1-22-9-6-7-12-25(22)34-33(43)35-27-15-14-23(19-30(27)46-2)20-31(40)39-17-8-13-29(39)26-16-18-38(36-26)21-28(32(41)42)37-47(44,45)24-10-4-3-5-11-24/h3-7,9-12,14-15,19,28-29,37H,8,13,16-18,20-21H2,1-2H3,(H,41,42)(H2,34,35,43). The molecule has 14 heteroatoms. The summed E-state index contributed by atoms with van der Waals surface area (Å²) in [6.07, 6.45) is 2.17. The summed E-state index contributed by atoms with van der Waals surface area (Å²) in [6.45, 7) is 2.72. The average Bonchev–Trinajstić information content (AvgIpc) is 3.73. The molecule has 0 spiro atoms. The molecule has 0 bridgehead atoms. The van der Waals surface area contributed by atoms with Gasteiger partial charge in [-0.2, -0.15) is 9.82 Å². The summed E-state index contributed by atoms with van der Waals surface area (Å²) >= 11 is 0. The summed E-state index contributed by atoms with van der Waals surface area (Å²) < 4.78 is 33.3. The van der Waals surface area contributed by atoms with E-state index in [4.69, 9.17) is 4.74 Å². The monoisotopic (exact) mass is 662 g/mol. The summed E-state index contributed by atoms with van der Waals surface area (Å²) in [5.74, 6) is -0.984. The van der Waals surface area contributed by atoms with Gasteiger partial charge in [-0.25, -0.2) is 13.2 Å². The lowest BCUT2D eigenvalue weighted by atomic mass is 10.1. The summed E-state index contributed by atoms with van der Waals surface area (Å²) in [5.41, 5.74) is 3.56. The number of likely N-dealkylation sites (tertiary alicyclic amines) is 1. The summed E-state index contributed by atoms with van der Waals surface area (Å²) in [5, 5.41) is 21.6. The molecule has 248 valence electrons. The number of anilines is 2. The second kappa shape index (κ2) is 14.6. The zero-order valence-electron chi connectivity index (χ0n) is 26.2. The van der Waals surface area contributed by atoms with E-state index in [9.17, 15) is 27.9 Å². The van der Waals surface area contributed by atoms with Gasteiger partial charge in [-0.05, 0) is 61.2 Å². The lowest BCUT2D eigenvalue weighted by Gasteiger charge is -2.25. The zero-order chi connectivity index (χ0) is 33.6. The van der Waals surface area contributed by atoms with Crippen molar-refractivity contribution in [1.82, 2.24) is 14.6 Å². The van der Waals surface area contributed by atoms with E-state index in [-0.39, 0.29) is 29.8 Å². The van der Waals surface area contributed by atoms with E-state index in [1.54, 1.807) is 46.3 Å². The van der Waals surface area contributed by atoms with Gasteiger partial charge >= 0.3 is 12.0 Å². The molecule has 3 aromatic rings. The van der Waals surface area contributed by atoms with Crippen molar-refractivity contribution < 1.29 is 32.6 Å². The molecule has 3 amide bonds. The van der Waals surface area contributed by atoms with Gasteiger partial charge in [-0.1, -0.05) is 42.5 Å². The summed E-state index contributed by atoms with van der Waals surface area (Å²) in [4.78, 5) is 39.9. The second-order valence-corrected chi connectivity index (χ2v) is 13.1. The van der Waals surface area contributed by atoms with Gasteiger partial charge in [-0.15, -0.1) is 0 Å². The first-order valence-corrected chi connectivity index (χ1v) is 16.7. The smallest absolute Gasteiger partial charge is 0.323 e. The topological polar surface area (TPSA) is 170 Å². The van der Waals surface area contributed by atoms with Crippen LogP contribution in [0.3, 0.4) is 0 Å². The molecule has 2 heterocycles. The van der Waals surface area contributed by atoms with Crippen molar-refractivity contribution >= 4 is 45.0 Å². The van der Waals surface area contributed by atoms with E-state index in [0.717, 1.165) is 24.1 Å². The van der Waals surface area contributed by atoms with Crippen LogP contribution in [0.15, 0.2) is 82.8 Å². The zero-order valence-corrected chi connectivity index (χ0v) is 27.0. The summed E-state index contributed by atoms with van der Waals surface area (Å²) in [6, 6.07) is 18.2. The highest BCUT2D eigenvalue weighted by Crippen LogP contribution is 2.28. The highest BCUT2D eigenvalue weighted by atomic mass is 32.2. The predicted molar refractivity (Wildman–Crippen MR) is 177 cm³/mol. The number of para-hydroxylation sites is 1. The molecule has 2 unspecified atom stereocenters. The van der Waals surface area contributed by atoms with Gasteiger partial charge in [0.2, 0.25) is 15.9 Å². The van der Waals surface area contributed by atoms with Crippen molar-refractivity contribution in [2.45, 2.75) is 49.6 Å². The quantitative estimate of drug-likeness (QED) is 0.228. The largest absolute Gasteiger partial charge is 0.495 e. The number of urea groups is 1. The van der Waals surface area contributed by atoms with Crippen molar-refractivity contribution in [3.63, 3.8) is 0 Å². The van der Waals surface area contributed by atoms with Crippen molar-refractivity contribution in [1.29, 1.82) is 0 Å². The number of methoxy groups -OCH3 is 1. The molecule has 2 aliphatic rings. The molecule has 13 nitrogen and oxygen atoms in total. The van der Waals surface area contributed by atoms with E-state index in [1.165, 1.54) is 19.2 Å². The van der Waals surface area contributed by atoms with Crippen LogP contribution in [0, 0.1) is 6.92 Å². The fourth-order valence-corrected chi connectivity index (χ4v) is 6.95. The average molecular weight is 663 g/mol. The van der Waals surface area contributed by atoms with E-state index in [1.807, 2.05) is 31.2 Å². The lowest BCUT2D eigenvalue weighted by molar-refractivity contribution is -0.139. The minimum atomic E-state index is -4.05. The molecule has 2 atom stereocenters. The molecule has 1 fully saturated rings. The van der Waals surface area contributed by atoms with Gasteiger partial charge in [0.15, 0.2) is 0 Å². The van der Waals surface area contributed by atoms with Gasteiger partial charge in [0.25, 0.3) is 0 Å². The predicted octanol–water partition coefficient (Wildman–Crippen LogP) is 3.67. The minimum absolute atomic E-state index is 0.0240. The Hall–Kier alpha value is -4.95. The van der Waals surface area contributed by atoms with Crippen molar-refractivity contribution in [2.75, 3.05) is 37.4 Å². The SMILES string of the molecule is COc1cc(CC(=O)N2CCCC2C2=NN(CC(NS(=O)(=O)c3ccccc3)C(=O)O)CC2)ccc1NC(=O)Nc1ccccc1C. The van der Waals surface area contributed by atoms with Crippen LogP contribution in [0.2, 0.25) is 0 Å². The highest BCUT2D eigenvalue weighted by molar-refractivity contribution is 7.89. The number of sulfonamides is 1. The van der Waals surface area contributed by atoms with Gasteiger partial charge < -0.3 is 25.4 Å². The maximum absolute atomic E-state index is 13.5. The summed E-state index contributed by atoms with van der Waals surface area (Å²) in [7, 11) is -2.55. The van der Waals surface area contributed by atoms with E-state index < -0.39 is 28.1 Å². The lowest BCUT2D eigenvalue weighted by Crippen LogP contribution is -2.47. The molecule has 3 aromatic carbocycles. The molecule has 0 radical (unpaired) electrons. The van der Waals surface area contributed by atoms with E-state index in [2.05, 4.69) is 20.5 Å². The van der Waals surface area contributed by atoms with E-state index in [0.29, 0.717) is 42.2 Å². The number of nitrogens with one attached hydrogen (secondary N) is 3. The van der Waals surface area contributed by atoms with Crippen molar-refractivity contribution in [2.24, 2.45) is 5.10 Å². The van der Waals surface area contributed by atoms with Gasteiger partial charge in [0, 0.05) is 25.2 Å². The third kappa shape index (κ3) is 8.26. The van der Waals surface area contributed by atoms with Gasteiger partial charge in [-0.3, -0.25) is 14.6 Å². The Morgan fingerprint density at radius 1 is 1.00 bits per heavy atom.